The van der Waals surface area contributed by atoms with Crippen molar-refractivity contribution in [1.29, 1.82) is 0 Å². The van der Waals surface area contributed by atoms with E-state index in [0.717, 1.165) is 0 Å². The molecule has 6 heteroatoms. The van der Waals surface area contributed by atoms with Crippen LogP contribution in [-0.2, 0) is 13.6 Å². The average Bonchev–Trinajstić information content (AvgIpc) is 2.82. The number of aliphatic hydroxyl groups excluding tert-OH is 1. The summed E-state index contributed by atoms with van der Waals surface area (Å²) < 4.78 is 13.0. The summed E-state index contributed by atoms with van der Waals surface area (Å²) in [6, 6.07) is 21.1. The van der Waals surface area contributed by atoms with E-state index in [0.29, 0.717) is 32.5 Å². The second-order valence-electron chi connectivity index (χ2n) is 12.4. The molecule has 4 nitrogen and oxygen atoms in total. The smallest absolute Gasteiger partial charge is 0.261 e. The monoisotopic (exact) mass is 540 g/mol. The van der Waals surface area contributed by atoms with Crippen LogP contribution in [0.15, 0.2) is 72.8 Å². The van der Waals surface area contributed by atoms with Gasteiger partial charge in [-0.1, -0.05) is 108 Å². The Hall–Kier alpha value is -1.84. The Balaban J connectivity index is 1.96. The average molecular weight is 541 g/mol. The van der Waals surface area contributed by atoms with Gasteiger partial charge < -0.3 is 14.0 Å². The Morgan fingerprint density at radius 3 is 1.81 bits per heavy atom. The zero-order valence-corrected chi connectivity index (χ0v) is 26.2. The Morgan fingerprint density at radius 2 is 1.35 bits per heavy atom. The van der Waals surface area contributed by atoms with Gasteiger partial charge in [0.2, 0.25) is 0 Å². The molecule has 37 heavy (non-hydrogen) atoms. The van der Waals surface area contributed by atoms with Gasteiger partial charge in [-0.25, -0.2) is 0 Å². The van der Waals surface area contributed by atoms with Crippen LogP contribution in [0.25, 0.3) is 0 Å². The van der Waals surface area contributed by atoms with Crippen LogP contribution < -0.4 is 10.4 Å². The van der Waals surface area contributed by atoms with Gasteiger partial charge in [-0.05, 0) is 52.5 Å². The minimum atomic E-state index is -2.57. The largest absolute Gasteiger partial charge is 0.416 e. The van der Waals surface area contributed by atoms with Gasteiger partial charge in [0.25, 0.3) is 8.32 Å². The Labute approximate surface area is 227 Å². The molecule has 1 unspecified atom stereocenters. The molecule has 0 saturated heterocycles. The summed E-state index contributed by atoms with van der Waals surface area (Å²) in [6.45, 7) is 18.7. The van der Waals surface area contributed by atoms with Gasteiger partial charge in [0.15, 0.2) is 14.1 Å². The van der Waals surface area contributed by atoms with Gasteiger partial charge in [0.05, 0.1) is 6.10 Å². The quantitative estimate of drug-likeness (QED) is 0.186. The molecule has 0 amide bonds. The predicted molar refractivity (Wildman–Crippen MR) is 161 cm³/mol. The highest BCUT2D eigenvalue weighted by Gasteiger charge is 2.49. The molecule has 2 aromatic rings. The topological polar surface area (TPSA) is 55.8 Å². The number of carbonyl (C=O) groups excluding carboxylic acids is 1. The number of benzene rings is 2. The standard InChI is InChI=1S/C31H48O4Si2/c1-30(2,3)36(7,8)34-25-23-27(33)22-21-26(32)16-15-24-35-37(31(4,5)6,28-17-11-9-12-18-28)29-19-13-10-14-20-29/h9-14,17-22,26,32H,15-16,23-25H2,1-8H3/b22-21+. The molecule has 1 N–H and O–H groups in total. The predicted octanol–water partition coefficient (Wildman–Crippen LogP) is 6.24. The minimum Gasteiger partial charge on any atom is -0.416 e. The van der Waals surface area contributed by atoms with Gasteiger partial charge in [-0.15, -0.1) is 0 Å². The van der Waals surface area contributed by atoms with E-state index >= 15 is 0 Å². The molecule has 0 fully saturated rings. The fourth-order valence-electron chi connectivity index (χ4n) is 4.30. The highest BCUT2D eigenvalue weighted by Crippen LogP contribution is 2.37. The van der Waals surface area contributed by atoms with E-state index in [1.807, 2.05) is 12.1 Å². The first-order valence-corrected chi connectivity index (χ1v) is 18.3. The van der Waals surface area contributed by atoms with Crippen molar-refractivity contribution >= 4 is 32.8 Å². The van der Waals surface area contributed by atoms with E-state index in [1.54, 1.807) is 6.08 Å². The number of rotatable bonds is 13. The molecule has 0 saturated carbocycles. The summed E-state index contributed by atoms with van der Waals surface area (Å²) in [4.78, 5) is 12.3. The van der Waals surface area contributed by atoms with Crippen molar-refractivity contribution in [2.75, 3.05) is 13.2 Å². The fraction of sp³-hybridized carbons (Fsp3) is 0.516. The SMILES string of the molecule is CC(C)(C)[Si](C)(C)OCCC(=O)/C=C/C(O)CCCO[Si](c1ccccc1)(c1ccccc1)C(C)(C)C. The third-order valence-corrected chi connectivity index (χ3v) is 17.1. The van der Waals surface area contributed by atoms with E-state index in [9.17, 15) is 9.90 Å². The summed E-state index contributed by atoms with van der Waals surface area (Å²) >= 11 is 0. The van der Waals surface area contributed by atoms with E-state index in [-0.39, 0.29) is 15.9 Å². The first-order chi connectivity index (χ1) is 17.2. The molecule has 0 radical (unpaired) electrons. The lowest BCUT2D eigenvalue weighted by atomic mass is 10.1. The molecule has 0 aliphatic heterocycles. The zero-order valence-electron chi connectivity index (χ0n) is 24.2. The number of hydrogen-bond acceptors (Lipinski definition) is 4. The van der Waals surface area contributed by atoms with E-state index in [4.69, 9.17) is 8.85 Å². The van der Waals surface area contributed by atoms with Gasteiger partial charge in [-0.3, -0.25) is 4.79 Å². The van der Waals surface area contributed by atoms with Crippen LogP contribution >= 0.6 is 0 Å². The van der Waals surface area contributed by atoms with Crippen molar-refractivity contribution in [1.82, 2.24) is 0 Å². The van der Waals surface area contributed by atoms with Crippen molar-refractivity contribution in [3.8, 4) is 0 Å². The summed E-state index contributed by atoms with van der Waals surface area (Å²) in [7, 11) is -4.42. The minimum absolute atomic E-state index is 0.0127. The second kappa shape index (κ2) is 13.3. The van der Waals surface area contributed by atoms with Crippen molar-refractivity contribution < 1.29 is 18.8 Å². The van der Waals surface area contributed by atoms with Gasteiger partial charge >= 0.3 is 0 Å². The lowest BCUT2D eigenvalue weighted by Crippen LogP contribution is -2.66. The van der Waals surface area contributed by atoms with E-state index < -0.39 is 22.7 Å². The highest BCUT2D eigenvalue weighted by molar-refractivity contribution is 6.99. The lowest BCUT2D eigenvalue weighted by Gasteiger charge is -2.43. The van der Waals surface area contributed by atoms with Gasteiger partial charge in [0.1, 0.15) is 0 Å². The van der Waals surface area contributed by atoms with Crippen molar-refractivity contribution in [2.45, 2.75) is 90.1 Å². The maximum atomic E-state index is 12.3. The van der Waals surface area contributed by atoms with Crippen LogP contribution in [-0.4, -0.2) is 46.8 Å². The number of aliphatic hydroxyl groups is 1. The molecule has 2 rings (SSSR count). The van der Waals surface area contributed by atoms with E-state index in [1.165, 1.54) is 16.4 Å². The fourth-order valence-corrected chi connectivity index (χ4v) is 9.95. The zero-order chi connectivity index (χ0) is 27.7. The Kier molecular flexibility index (Phi) is 11.3. The van der Waals surface area contributed by atoms with Gasteiger partial charge in [0, 0.05) is 19.6 Å². The number of ketones is 1. The highest BCUT2D eigenvalue weighted by atomic mass is 28.4. The van der Waals surface area contributed by atoms with E-state index in [2.05, 4.69) is 103 Å². The molecule has 0 aliphatic rings. The number of carbonyl (C=O) groups is 1. The summed E-state index contributed by atoms with van der Waals surface area (Å²) in [5.74, 6) is -0.0127. The maximum absolute atomic E-state index is 12.3. The molecule has 0 spiro atoms. The van der Waals surface area contributed by atoms with Crippen LogP contribution in [0.5, 0.6) is 0 Å². The van der Waals surface area contributed by atoms with Crippen molar-refractivity contribution in [2.24, 2.45) is 0 Å². The maximum Gasteiger partial charge on any atom is 0.261 e. The number of allylic oxidation sites excluding steroid dienone is 1. The van der Waals surface area contributed by atoms with Crippen LogP contribution in [0.4, 0.5) is 0 Å². The molecule has 0 heterocycles. The lowest BCUT2D eigenvalue weighted by molar-refractivity contribution is -0.115. The normalized spacial score (nSPS) is 14.2. The molecule has 2 aromatic carbocycles. The summed E-state index contributed by atoms with van der Waals surface area (Å²) in [6.07, 6.45) is 4.03. The van der Waals surface area contributed by atoms with Crippen LogP contribution in [0.3, 0.4) is 0 Å². The molecule has 0 aliphatic carbocycles. The summed E-state index contributed by atoms with van der Waals surface area (Å²) in [5, 5.41) is 13.0. The summed E-state index contributed by atoms with van der Waals surface area (Å²) in [5.41, 5.74) is 0. The third-order valence-electron chi connectivity index (χ3n) is 7.50. The molecule has 0 bridgehead atoms. The van der Waals surface area contributed by atoms with Crippen LogP contribution in [0.1, 0.15) is 60.8 Å². The van der Waals surface area contributed by atoms with Crippen molar-refractivity contribution in [3.63, 3.8) is 0 Å². The van der Waals surface area contributed by atoms with Gasteiger partial charge in [-0.2, -0.15) is 0 Å². The first kappa shape index (κ1) is 31.4. The molecule has 0 aromatic heterocycles. The number of hydrogen-bond donors (Lipinski definition) is 1. The third kappa shape index (κ3) is 8.58. The molecule has 1 atom stereocenters. The molecule has 204 valence electrons. The van der Waals surface area contributed by atoms with Crippen LogP contribution in [0, 0.1) is 0 Å². The first-order valence-electron chi connectivity index (χ1n) is 13.5. The Bertz CT molecular complexity index is 950. The molecular formula is C31H48O4Si2. The van der Waals surface area contributed by atoms with Crippen molar-refractivity contribution in [3.05, 3.63) is 72.8 Å². The Morgan fingerprint density at radius 1 is 0.838 bits per heavy atom. The molecular weight excluding hydrogens is 493 g/mol. The van der Waals surface area contributed by atoms with Crippen LogP contribution in [0.2, 0.25) is 23.2 Å². The second-order valence-corrected chi connectivity index (χ2v) is 21.5.